The first kappa shape index (κ1) is 17.0. The summed E-state index contributed by atoms with van der Waals surface area (Å²) in [4.78, 5) is 24.8. The van der Waals surface area contributed by atoms with Gasteiger partial charge >= 0.3 is 0 Å². The zero-order chi connectivity index (χ0) is 16.8. The smallest absolute Gasteiger partial charge is 0.251 e. The van der Waals surface area contributed by atoms with E-state index in [2.05, 4.69) is 10.6 Å². The molecule has 0 spiro atoms. The number of carbonyl (C=O) groups is 2. The van der Waals surface area contributed by atoms with Gasteiger partial charge in [-0.25, -0.2) is 0 Å². The van der Waals surface area contributed by atoms with E-state index in [1.165, 1.54) is 25.7 Å². The fraction of sp³-hybridized carbons (Fsp3) is 0.600. The Morgan fingerprint density at radius 1 is 0.875 bits per heavy atom. The molecule has 0 bridgehead atoms. The highest BCUT2D eigenvalue weighted by atomic mass is 16.2. The lowest BCUT2D eigenvalue weighted by atomic mass is 9.88. The molecule has 0 heterocycles. The second-order valence-electron chi connectivity index (χ2n) is 7.21. The Hall–Kier alpha value is -1.84. The van der Waals surface area contributed by atoms with Crippen molar-refractivity contribution in [2.75, 3.05) is 5.32 Å². The average Bonchev–Trinajstić information content (AvgIpc) is 2.63. The molecule has 0 radical (unpaired) electrons. The number of rotatable bonds is 4. The van der Waals surface area contributed by atoms with Crippen molar-refractivity contribution in [1.29, 1.82) is 0 Å². The van der Waals surface area contributed by atoms with Crippen molar-refractivity contribution >= 4 is 17.5 Å². The first-order valence-electron chi connectivity index (χ1n) is 9.44. The molecule has 1 aromatic rings. The Bertz CT molecular complexity index is 573. The average molecular weight is 328 g/mol. The fourth-order valence-corrected chi connectivity index (χ4v) is 3.86. The normalized spacial score (nSPS) is 19.7. The number of benzene rings is 1. The van der Waals surface area contributed by atoms with Crippen LogP contribution in [0.1, 0.15) is 74.6 Å². The molecular formula is C20H28N2O2. The summed E-state index contributed by atoms with van der Waals surface area (Å²) in [6.45, 7) is 0. The summed E-state index contributed by atoms with van der Waals surface area (Å²) in [5.74, 6) is 0.189. The van der Waals surface area contributed by atoms with Gasteiger partial charge in [-0.05, 0) is 43.9 Å². The third kappa shape index (κ3) is 4.59. The third-order valence-corrected chi connectivity index (χ3v) is 5.31. The number of nitrogens with one attached hydrogen (secondary N) is 2. The molecule has 1 aromatic carbocycles. The third-order valence-electron chi connectivity index (χ3n) is 5.31. The molecule has 4 nitrogen and oxygen atoms in total. The van der Waals surface area contributed by atoms with Crippen LogP contribution >= 0.6 is 0 Å². The second kappa shape index (κ2) is 8.32. The summed E-state index contributed by atoms with van der Waals surface area (Å²) in [6.07, 6.45) is 11.3. The second-order valence-corrected chi connectivity index (χ2v) is 7.21. The lowest BCUT2D eigenvalue weighted by Gasteiger charge is -2.23. The highest BCUT2D eigenvalue weighted by Gasteiger charge is 2.21. The van der Waals surface area contributed by atoms with E-state index in [-0.39, 0.29) is 17.7 Å². The summed E-state index contributed by atoms with van der Waals surface area (Å²) in [6, 6.07) is 7.60. The van der Waals surface area contributed by atoms with Crippen LogP contribution in [-0.4, -0.2) is 17.9 Å². The highest BCUT2D eigenvalue weighted by Crippen LogP contribution is 2.25. The molecule has 0 aliphatic heterocycles. The molecule has 0 atom stereocenters. The Kier molecular flexibility index (Phi) is 5.89. The minimum atomic E-state index is -0.0318. The summed E-state index contributed by atoms with van der Waals surface area (Å²) < 4.78 is 0. The van der Waals surface area contributed by atoms with Gasteiger partial charge in [-0.15, -0.1) is 0 Å². The summed E-state index contributed by atoms with van der Waals surface area (Å²) in [7, 11) is 0. The molecule has 2 fully saturated rings. The first-order chi connectivity index (χ1) is 11.7. The van der Waals surface area contributed by atoms with E-state index in [4.69, 9.17) is 0 Å². The SMILES string of the molecule is O=C(NC1CCCCC1)c1cccc(NC(=O)C2CCCCC2)c1. The van der Waals surface area contributed by atoms with E-state index in [1.54, 1.807) is 6.07 Å². The van der Waals surface area contributed by atoms with E-state index in [9.17, 15) is 9.59 Å². The number of hydrogen-bond donors (Lipinski definition) is 2. The van der Waals surface area contributed by atoms with Gasteiger partial charge in [-0.3, -0.25) is 9.59 Å². The highest BCUT2D eigenvalue weighted by molar-refractivity contribution is 5.97. The van der Waals surface area contributed by atoms with E-state index < -0.39 is 0 Å². The van der Waals surface area contributed by atoms with Gasteiger partial charge in [-0.2, -0.15) is 0 Å². The summed E-state index contributed by atoms with van der Waals surface area (Å²) in [5, 5.41) is 6.12. The lowest BCUT2D eigenvalue weighted by molar-refractivity contribution is -0.120. The molecule has 4 heteroatoms. The van der Waals surface area contributed by atoms with Crippen LogP contribution in [0.2, 0.25) is 0 Å². The fourth-order valence-electron chi connectivity index (χ4n) is 3.86. The molecule has 3 rings (SSSR count). The molecule has 2 saturated carbocycles. The van der Waals surface area contributed by atoms with E-state index in [0.29, 0.717) is 11.6 Å². The predicted molar refractivity (Wildman–Crippen MR) is 96.0 cm³/mol. The van der Waals surface area contributed by atoms with Crippen molar-refractivity contribution in [1.82, 2.24) is 5.32 Å². The quantitative estimate of drug-likeness (QED) is 0.867. The molecule has 2 aliphatic rings. The van der Waals surface area contributed by atoms with Crippen molar-refractivity contribution in [3.8, 4) is 0 Å². The van der Waals surface area contributed by atoms with E-state index in [1.807, 2.05) is 18.2 Å². The first-order valence-corrected chi connectivity index (χ1v) is 9.44. The van der Waals surface area contributed by atoms with Crippen molar-refractivity contribution in [2.24, 2.45) is 5.92 Å². The largest absolute Gasteiger partial charge is 0.349 e. The summed E-state index contributed by atoms with van der Waals surface area (Å²) >= 11 is 0. The molecule has 0 aromatic heterocycles. The van der Waals surface area contributed by atoms with Crippen LogP contribution < -0.4 is 10.6 Å². The van der Waals surface area contributed by atoms with E-state index >= 15 is 0 Å². The van der Waals surface area contributed by atoms with Crippen molar-refractivity contribution in [3.05, 3.63) is 29.8 Å². The standard InChI is InChI=1S/C20H28N2O2/c23-19(15-8-3-1-4-9-15)22-18-13-7-10-16(14-18)20(24)21-17-11-5-2-6-12-17/h7,10,13-15,17H,1-6,8-9,11-12H2,(H,21,24)(H,22,23). The van der Waals surface area contributed by atoms with Crippen molar-refractivity contribution < 1.29 is 9.59 Å². The van der Waals surface area contributed by atoms with Gasteiger partial charge in [0, 0.05) is 23.2 Å². The van der Waals surface area contributed by atoms with Gasteiger partial charge in [0.2, 0.25) is 5.91 Å². The molecular weight excluding hydrogens is 300 g/mol. The van der Waals surface area contributed by atoms with Crippen molar-refractivity contribution in [2.45, 2.75) is 70.3 Å². The molecule has 24 heavy (non-hydrogen) atoms. The Morgan fingerprint density at radius 2 is 1.54 bits per heavy atom. The van der Waals surface area contributed by atoms with Gasteiger partial charge in [-0.1, -0.05) is 44.6 Å². The lowest BCUT2D eigenvalue weighted by Crippen LogP contribution is -2.36. The van der Waals surface area contributed by atoms with E-state index in [0.717, 1.165) is 44.2 Å². The number of anilines is 1. The maximum atomic E-state index is 12.4. The minimum Gasteiger partial charge on any atom is -0.349 e. The number of hydrogen-bond acceptors (Lipinski definition) is 2. The summed E-state index contributed by atoms with van der Waals surface area (Å²) in [5.41, 5.74) is 1.35. The van der Waals surface area contributed by atoms with Crippen LogP contribution in [0, 0.1) is 5.92 Å². The predicted octanol–water partition coefficient (Wildman–Crippen LogP) is 4.27. The molecule has 0 unspecified atom stereocenters. The Balaban J connectivity index is 1.58. The van der Waals surface area contributed by atoms with Gasteiger partial charge in [0.05, 0.1) is 0 Å². The van der Waals surface area contributed by atoms with Crippen LogP contribution in [0.3, 0.4) is 0 Å². The number of carbonyl (C=O) groups excluding carboxylic acids is 2. The molecule has 0 saturated heterocycles. The van der Waals surface area contributed by atoms with Gasteiger partial charge in [0.25, 0.3) is 5.91 Å². The zero-order valence-electron chi connectivity index (χ0n) is 14.4. The maximum Gasteiger partial charge on any atom is 0.251 e. The zero-order valence-corrected chi connectivity index (χ0v) is 14.4. The monoisotopic (exact) mass is 328 g/mol. The minimum absolute atomic E-state index is 0.0318. The van der Waals surface area contributed by atoms with Crippen molar-refractivity contribution in [3.63, 3.8) is 0 Å². The van der Waals surface area contributed by atoms with Crippen LogP contribution in [0.15, 0.2) is 24.3 Å². The molecule has 2 N–H and O–H groups in total. The van der Waals surface area contributed by atoms with Crippen LogP contribution in [0.25, 0.3) is 0 Å². The van der Waals surface area contributed by atoms with Crippen LogP contribution in [0.4, 0.5) is 5.69 Å². The maximum absolute atomic E-state index is 12.4. The Labute approximate surface area is 144 Å². The van der Waals surface area contributed by atoms with Crippen LogP contribution in [-0.2, 0) is 4.79 Å². The molecule has 2 aliphatic carbocycles. The molecule has 130 valence electrons. The number of amides is 2. The van der Waals surface area contributed by atoms with Gasteiger partial charge in [0.15, 0.2) is 0 Å². The Morgan fingerprint density at radius 3 is 2.25 bits per heavy atom. The molecule has 2 amide bonds. The van der Waals surface area contributed by atoms with Gasteiger partial charge < -0.3 is 10.6 Å². The van der Waals surface area contributed by atoms with Crippen LogP contribution in [0.5, 0.6) is 0 Å². The van der Waals surface area contributed by atoms with Gasteiger partial charge in [0.1, 0.15) is 0 Å². The topological polar surface area (TPSA) is 58.2 Å².